The molecule has 174 valence electrons. The molecule has 34 heavy (non-hydrogen) atoms. The predicted molar refractivity (Wildman–Crippen MR) is 121 cm³/mol. The van der Waals surface area contributed by atoms with Gasteiger partial charge in [-0.1, -0.05) is 18.2 Å². The first kappa shape index (κ1) is 21.3. The lowest BCUT2D eigenvalue weighted by Crippen LogP contribution is -2.56. The maximum atomic E-state index is 13.0. The van der Waals surface area contributed by atoms with E-state index in [0.29, 0.717) is 18.8 Å². The molecular formula is C21H21N9O4. The molecule has 4 N–H and O–H groups in total. The van der Waals surface area contributed by atoms with Crippen molar-refractivity contribution in [2.24, 2.45) is 0 Å². The minimum atomic E-state index is -1.08. The number of aromatic nitrogens is 5. The molecule has 1 aromatic carbocycles. The molecule has 4 heterocycles. The first-order chi connectivity index (χ1) is 16.5. The van der Waals surface area contributed by atoms with Gasteiger partial charge in [0.25, 0.3) is 5.78 Å². The van der Waals surface area contributed by atoms with E-state index < -0.39 is 18.6 Å². The number of aliphatic hydroxyl groups excluding tert-OH is 1. The van der Waals surface area contributed by atoms with Crippen LogP contribution < -0.4 is 16.0 Å². The van der Waals surface area contributed by atoms with E-state index in [-0.39, 0.29) is 36.0 Å². The van der Waals surface area contributed by atoms with E-state index in [2.05, 4.69) is 25.4 Å². The largest absolute Gasteiger partial charge is 0.461 e. The molecule has 1 atom stereocenters. The zero-order chi connectivity index (χ0) is 23.7. The summed E-state index contributed by atoms with van der Waals surface area (Å²) in [6.45, 7) is 0.0170. The molecule has 1 aliphatic heterocycles. The molecule has 13 heteroatoms. The van der Waals surface area contributed by atoms with Gasteiger partial charge in [0.05, 0.1) is 12.9 Å². The summed E-state index contributed by atoms with van der Waals surface area (Å²) < 4.78 is 6.52. The number of hydrogen-bond donors (Lipinski definition) is 3. The number of hydrogen-bond acceptors (Lipinski definition) is 10. The van der Waals surface area contributed by atoms with Crippen molar-refractivity contribution in [2.75, 3.05) is 42.2 Å². The number of nitrogen functional groups attached to an aromatic ring is 1. The number of nitrogens with zero attached hydrogens (tertiary/aromatic N) is 7. The van der Waals surface area contributed by atoms with Crippen LogP contribution in [-0.4, -0.2) is 78.7 Å². The van der Waals surface area contributed by atoms with Gasteiger partial charge in [-0.25, -0.2) is 0 Å². The van der Waals surface area contributed by atoms with Gasteiger partial charge in [-0.15, -0.1) is 5.10 Å². The highest BCUT2D eigenvalue weighted by atomic mass is 16.3. The Labute approximate surface area is 192 Å². The Morgan fingerprint density at radius 1 is 1.15 bits per heavy atom. The van der Waals surface area contributed by atoms with Crippen molar-refractivity contribution in [3.8, 4) is 11.6 Å². The van der Waals surface area contributed by atoms with Gasteiger partial charge < -0.3 is 30.4 Å². The van der Waals surface area contributed by atoms with Crippen molar-refractivity contribution in [1.82, 2.24) is 29.5 Å². The second-order valence-corrected chi connectivity index (χ2v) is 7.55. The van der Waals surface area contributed by atoms with Gasteiger partial charge >= 0.3 is 0 Å². The summed E-state index contributed by atoms with van der Waals surface area (Å²) in [4.78, 5) is 41.3. The smallest absolute Gasteiger partial charge is 0.259 e. The van der Waals surface area contributed by atoms with E-state index in [1.54, 1.807) is 17.0 Å². The van der Waals surface area contributed by atoms with Crippen LogP contribution >= 0.6 is 0 Å². The minimum Gasteiger partial charge on any atom is -0.461 e. The van der Waals surface area contributed by atoms with Gasteiger partial charge in [0.2, 0.25) is 29.5 Å². The van der Waals surface area contributed by atoms with Gasteiger partial charge in [0.15, 0.2) is 5.76 Å². The molecule has 1 aliphatic rings. The van der Waals surface area contributed by atoms with Crippen molar-refractivity contribution in [2.45, 2.75) is 6.04 Å². The molecule has 1 fully saturated rings. The third kappa shape index (κ3) is 3.99. The summed E-state index contributed by atoms with van der Waals surface area (Å²) >= 11 is 0. The molecule has 0 bridgehead atoms. The van der Waals surface area contributed by atoms with Crippen LogP contribution in [0.4, 0.5) is 17.6 Å². The number of carbonyl (C=O) groups excluding carboxylic acids is 2. The number of para-hydroxylation sites is 1. The van der Waals surface area contributed by atoms with E-state index in [4.69, 9.17) is 10.2 Å². The zero-order valence-corrected chi connectivity index (χ0v) is 17.9. The highest BCUT2D eigenvalue weighted by molar-refractivity contribution is 5.98. The Balaban J connectivity index is 1.30. The Morgan fingerprint density at radius 3 is 2.68 bits per heavy atom. The number of carbonyl (C=O) groups is 2. The Bertz CT molecular complexity index is 1320. The average molecular weight is 463 g/mol. The van der Waals surface area contributed by atoms with Gasteiger partial charge in [0.1, 0.15) is 12.6 Å². The molecule has 3 aromatic heterocycles. The summed E-state index contributed by atoms with van der Waals surface area (Å²) in [5.41, 5.74) is 6.75. The highest BCUT2D eigenvalue weighted by Gasteiger charge is 2.32. The molecule has 5 rings (SSSR count). The molecule has 13 nitrogen and oxygen atoms in total. The number of rotatable bonds is 6. The molecule has 0 radical (unpaired) electrons. The van der Waals surface area contributed by atoms with Crippen LogP contribution in [0.2, 0.25) is 0 Å². The second-order valence-electron chi connectivity index (χ2n) is 7.55. The number of furan rings is 1. The fourth-order valence-corrected chi connectivity index (χ4v) is 3.68. The fraction of sp³-hybridized carbons (Fsp3) is 0.238. The first-order valence-corrected chi connectivity index (χ1v) is 10.5. The predicted octanol–water partition coefficient (Wildman–Crippen LogP) is 0.00970. The van der Waals surface area contributed by atoms with Crippen molar-refractivity contribution < 1.29 is 19.1 Å². The topological polar surface area (TPSA) is 168 Å². The lowest BCUT2D eigenvalue weighted by Gasteiger charge is -2.35. The molecular weight excluding hydrogens is 442 g/mol. The van der Waals surface area contributed by atoms with Crippen molar-refractivity contribution in [1.29, 1.82) is 0 Å². The number of anilines is 3. The van der Waals surface area contributed by atoms with Crippen molar-refractivity contribution >= 4 is 35.2 Å². The monoisotopic (exact) mass is 463 g/mol. The molecule has 0 saturated carbocycles. The number of aliphatic hydroxyl groups is 1. The normalized spacial score (nSPS) is 15.0. The van der Waals surface area contributed by atoms with Crippen LogP contribution in [0.5, 0.6) is 0 Å². The number of amides is 2. The van der Waals surface area contributed by atoms with Crippen molar-refractivity contribution in [3.63, 3.8) is 0 Å². The van der Waals surface area contributed by atoms with E-state index in [1.165, 1.54) is 15.7 Å². The standard InChI is InChI=1S/C21H21N9O4/c22-19-25-20(26-21-24-17(27-30(19)21)15-7-4-10-34-15)23-14(12-31)18(33)28-8-9-29(16(32)11-28)13-5-2-1-3-6-13/h1-7,10,14,31H,8-9,11-12H2,(H3,22,23,24,25,26,27)/t14-/m0/s1. The van der Waals surface area contributed by atoms with Gasteiger partial charge in [-0.2, -0.15) is 19.5 Å². The summed E-state index contributed by atoms with van der Waals surface area (Å²) in [5, 5.41) is 16.9. The third-order valence-corrected chi connectivity index (χ3v) is 5.36. The second kappa shape index (κ2) is 8.78. The van der Waals surface area contributed by atoms with Crippen LogP contribution in [0.15, 0.2) is 53.1 Å². The molecule has 4 aromatic rings. The number of piperazine rings is 1. The van der Waals surface area contributed by atoms with Crippen LogP contribution in [0.25, 0.3) is 17.4 Å². The summed E-state index contributed by atoms with van der Waals surface area (Å²) in [6.07, 6.45) is 1.49. The Kier molecular flexibility index (Phi) is 5.51. The van der Waals surface area contributed by atoms with Gasteiger partial charge in [0, 0.05) is 18.8 Å². The number of benzene rings is 1. The molecule has 0 spiro atoms. The van der Waals surface area contributed by atoms with E-state index in [0.717, 1.165) is 5.69 Å². The Morgan fingerprint density at radius 2 is 1.97 bits per heavy atom. The third-order valence-electron chi connectivity index (χ3n) is 5.36. The molecule has 1 saturated heterocycles. The lowest BCUT2D eigenvalue weighted by atomic mass is 10.2. The summed E-state index contributed by atoms with van der Waals surface area (Å²) in [5.74, 6) is 0.146. The summed E-state index contributed by atoms with van der Waals surface area (Å²) in [7, 11) is 0. The fourth-order valence-electron chi connectivity index (χ4n) is 3.68. The lowest BCUT2D eigenvalue weighted by molar-refractivity contribution is -0.138. The van der Waals surface area contributed by atoms with Crippen LogP contribution in [0, 0.1) is 0 Å². The van der Waals surface area contributed by atoms with E-state index in [9.17, 15) is 14.7 Å². The molecule has 2 amide bonds. The number of nitrogens with one attached hydrogen (secondary N) is 1. The number of nitrogens with two attached hydrogens (primary N) is 1. The maximum Gasteiger partial charge on any atom is 0.259 e. The van der Waals surface area contributed by atoms with E-state index in [1.807, 2.05) is 30.3 Å². The SMILES string of the molecule is Nc1nc(N[C@@H](CO)C(=O)N2CCN(c3ccccc3)C(=O)C2)nc2nc(-c3ccco3)nn12. The molecule has 0 unspecified atom stereocenters. The average Bonchev–Trinajstić information content (AvgIpc) is 3.53. The quantitative estimate of drug-likeness (QED) is 0.354. The number of fused-ring (bicyclic) bond motifs is 1. The minimum absolute atomic E-state index is 0.00922. The van der Waals surface area contributed by atoms with Crippen LogP contribution in [-0.2, 0) is 9.59 Å². The maximum absolute atomic E-state index is 13.0. The first-order valence-electron chi connectivity index (χ1n) is 10.5. The van der Waals surface area contributed by atoms with Gasteiger partial charge in [-0.3, -0.25) is 9.59 Å². The summed E-state index contributed by atoms with van der Waals surface area (Å²) in [6, 6.07) is 11.6. The van der Waals surface area contributed by atoms with E-state index >= 15 is 0 Å². The van der Waals surface area contributed by atoms with Crippen LogP contribution in [0.1, 0.15) is 0 Å². The highest BCUT2D eigenvalue weighted by Crippen LogP contribution is 2.19. The Hall–Kier alpha value is -4.52. The van der Waals surface area contributed by atoms with Crippen molar-refractivity contribution in [3.05, 3.63) is 48.7 Å². The van der Waals surface area contributed by atoms with Gasteiger partial charge in [-0.05, 0) is 24.3 Å². The zero-order valence-electron chi connectivity index (χ0n) is 17.9. The van der Waals surface area contributed by atoms with Crippen LogP contribution in [0.3, 0.4) is 0 Å². The molecule has 0 aliphatic carbocycles.